The van der Waals surface area contributed by atoms with Gasteiger partial charge in [0.1, 0.15) is 11.3 Å². The number of likely N-dealkylation sites (N-methyl/N-ethyl adjacent to an activating group) is 1. The first-order chi connectivity index (χ1) is 9.70. The van der Waals surface area contributed by atoms with Crippen LogP contribution >= 0.6 is 12.2 Å². The number of likely N-dealkylation sites (tertiary alicyclic amines) is 1. The van der Waals surface area contributed by atoms with Crippen LogP contribution in [0.4, 0.5) is 0 Å². The van der Waals surface area contributed by atoms with Crippen molar-refractivity contribution in [2.45, 2.75) is 32.4 Å². The van der Waals surface area contributed by atoms with Gasteiger partial charge in [-0.15, -0.1) is 0 Å². The van der Waals surface area contributed by atoms with Crippen LogP contribution in [-0.2, 0) is 6.54 Å². The molecule has 1 fully saturated rings. The maximum atomic E-state index is 5.68. The number of benzene rings is 1. The quantitative estimate of drug-likeness (QED) is 0.878. The zero-order valence-electron chi connectivity index (χ0n) is 12.1. The lowest BCUT2D eigenvalue weighted by Gasteiger charge is -2.20. The zero-order valence-corrected chi connectivity index (χ0v) is 12.9. The van der Waals surface area contributed by atoms with E-state index >= 15 is 0 Å². The fourth-order valence-electron chi connectivity index (χ4n) is 3.03. The van der Waals surface area contributed by atoms with Gasteiger partial charge < -0.3 is 19.2 Å². The molecule has 0 aliphatic carbocycles. The fourth-order valence-corrected chi connectivity index (χ4v) is 3.31. The summed E-state index contributed by atoms with van der Waals surface area (Å²) in [6.45, 7) is 4.80. The van der Waals surface area contributed by atoms with Crippen molar-refractivity contribution in [2.75, 3.05) is 20.2 Å². The Morgan fingerprint density at radius 2 is 2.30 bits per heavy atom. The Morgan fingerprint density at radius 3 is 3.00 bits per heavy atom. The Balaban J connectivity index is 2.00. The molecule has 1 saturated heterocycles. The summed E-state index contributed by atoms with van der Waals surface area (Å²) in [4.78, 5) is 5.73. The van der Waals surface area contributed by atoms with Gasteiger partial charge in [0.05, 0.1) is 12.1 Å². The molecule has 0 saturated carbocycles. The molecule has 108 valence electrons. The maximum absolute atomic E-state index is 5.68. The van der Waals surface area contributed by atoms with Crippen molar-refractivity contribution in [3.63, 3.8) is 0 Å². The average molecular weight is 291 g/mol. The van der Waals surface area contributed by atoms with Crippen molar-refractivity contribution in [1.82, 2.24) is 14.5 Å². The molecule has 1 aromatic carbocycles. The number of aromatic amines is 1. The van der Waals surface area contributed by atoms with Gasteiger partial charge in [0.25, 0.3) is 0 Å². The summed E-state index contributed by atoms with van der Waals surface area (Å²) in [6, 6.07) is 6.71. The van der Waals surface area contributed by atoms with E-state index in [4.69, 9.17) is 17.0 Å². The van der Waals surface area contributed by atoms with Crippen LogP contribution in [0.3, 0.4) is 0 Å². The Bertz CT molecular complexity index is 661. The minimum absolute atomic E-state index is 0.580. The highest BCUT2D eigenvalue weighted by molar-refractivity contribution is 7.71. The number of fused-ring (bicyclic) bond motifs is 1. The summed E-state index contributed by atoms with van der Waals surface area (Å²) in [5, 5.41) is 0. The van der Waals surface area contributed by atoms with Crippen LogP contribution in [0.25, 0.3) is 11.0 Å². The predicted molar refractivity (Wildman–Crippen MR) is 83.9 cm³/mol. The van der Waals surface area contributed by atoms with Crippen LogP contribution in [0.5, 0.6) is 5.75 Å². The highest BCUT2D eigenvalue weighted by Crippen LogP contribution is 2.26. The van der Waals surface area contributed by atoms with Gasteiger partial charge in [-0.25, -0.2) is 0 Å². The normalized spacial score (nSPS) is 19.8. The molecule has 1 N–H and O–H groups in total. The number of aromatic nitrogens is 2. The average Bonchev–Trinajstić information content (AvgIpc) is 2.97. The molecule has 1 aliphatic heterocycles. The van der Waals surface area contributed by atoms with Crippen molar-refractivity contribution in [3.05, 3.63) is 23.0 Å². The molecule has 5 heteroatoms. The molecule has 2 heterocycles. The molecule has 20 heavy (non-hydrogen) atoms. The van der Waals surface area contributed by atoms with Crippen molar-refractivity contribution < 1.29 is 4.74 Å². The summed E-state index contributed by atoms with van der Waals surface area (Å²) in [5.74, 6) is 0.884. The molecule has 1 aliphatic rings. The lowest BCUT2D eigenvalue weighted by atomic mass is 10.2. The second-order valence-electron chi connectivity index (χ2n) is 5.40. The van der Waals surface area contributed by atoms with Crippen LogP contribution in [-0.4, -0.2) is 40.7 Å². The second-order valence-corrected chi connectivity index (χ2v) is 5.79. The van der Waals surface area contributed by atoms with E-state index in [-0.39, 0.29) is 0 Å². The third-order valence-electron chi connectivity index (χ3n) is 4.14. The van der Waals surface area contributed by atoms with Crippen molar-refractivity contribution >= 4 is 23.3 Å². The van der Waals surface area contributed by atoms with Gasteiger partial charge in [-0.05, 0) is 57.7 Å². The summed E-state index contributed by atoms with van der Waals surface area (Å²) in [6.07, 6.45) is 2.52. The molecule has 1 atom stereocenters. The SMILES string of the molecule is CCOc1cccc2c1[nH]c(=S)n2CC1CCCN1C. The molecular formula is C15H21N3OS. The molecule has 1 unspecified atom stereocenters. The molecule has 3 rings (SSSR count). The number of hydrogen-bond acceptors (Lipinski definition) is 3. The molecule has 0 spiro atoms. The van der Waals surface area contributed by atoms with E-state index in [1.54, 1.807) is 0 Å². The number of ether oxygens (including phenoxy) is 1. The third kappa shape index (κ3) is 2.36. The number of hydrogen-bond donors (Lipinski definition) is 1. The van der Waals surface area contributed by atoms with Crippen molar-refractivity contribution in [1.29, 1.82) is 0 Å². The maximum Gasteiger partial charge on any atom is 0.178 e. The van der Waals surface area contributed by atoms with Crippen LogP contribution in [0, 0.1) is 4.77 Å². The van der Waals surface area contributed by atoms with E-state index in [1.807, 2.05) is 19.1 Å². The van der Waals surface area contributed by atoms with Crippen LogP contribution in [0.2, 0.25) is 0 Å². The molecule has 0 radical (unpaired) electrons. The lowest BCUT2D eigenvalue weighted by molar-refractivity contribution is 0.283. The zero-order chi connectivity index (χ0) is 14.1. The highest BCUT2D eigenvalue weighted by atomic mass is 32.1. The van der Waals surface area contributed by atoms with E-state index in [0.717, 1.165) is 28.1 Å². The van der Waals surface area contributed by atoms with E-state index < -0.39 is 0 Å². The molecule has 2 aromatic rings. The van der Waals surface area contributed by atoms with Crippen LogP contribution in [0.15, 0.2) is 18.2 Å². The van der Waals surface area contributed by atoms with Gasteiger partial charge in [0.15, 0.2) is 4.77 Å². The van der Waals surface area contributed by atoms with Gasteiger partial charge in [-0.1, -0.05) is 6.07 Å². The molecule has 0 amide bonds. The van der Waals surface area contributed by atoms with Crippen LogP contribution in [0.1, 0.15) is 19.8 Å². The van der Waals surface area contributed by atoms with E-state index in [2.05, 4.69) is 27.6 Å². The van der Waals surface area contributed by atoms with Gasteiger partial charge in [-0.3, -0.25) is 0 Å². The number of nitrogens with one attached hydrogen (secondary N) is 1. The first kappa shape index (κ1) is 13.6. The Kier molecular flexibility index (Phi) is 3.81. The third-order valence-corrected chi connectivity index (χ3v) is 4.46. The Labute approximate surface area is 124 Å². The number of rotatable bonds is 4. The fraction of sp³-hybridized carbons (Fsp3) is 0.533. The number of para-hydroxylation sites is 1. The van der Waals surface area contributed by atoms with Gasteiger partial charge >= 0.3 is 0 Å². The minimum atomic E-state index is 0.580. The van der Waals surface area contributed by atoms with Crippen molar-refractivity contribution in [3.8, 4) is 5.75 Å². The van der Waals surface area contributed by atoms with Gasteiger partial charge in [-0.2, -0.15) is 0 Å². The summed E-state index contributed by atoms with van der Waals surface area (Å²) < 4.78 is 8.67. The minimum Gasteiger partial charge on any atom is -0.492 e. The second kappa shape index (κ2) is 5.58. The number of nitrogens with zero attached hydrogens (tertiary/aromatic N) is 2. The highest BCUT2D eigenvalue weighted by Gasteiger charge is 2.22. The first-order valence-electron chi connectivity index (χ1n) is 7.25. The summed E-state index contributed by atoms with van der Waals surface area (Å²) >= 11 is 5.50. The molecule has 4 nitrogen and oxygen atoms in total. The number of imidazole rings is 1. The van der Waals surface area contributed by atoms with Gasteiger partial charge in [0, 0.05) is 12.6 Å². The smallest absolute Gasteiger partial charge is 0.178 e. The summed E-state index contributed by atoms with van der Waals surface area (Å²) in [7, 11) is 2.20. The van der Waals surface area contributed by atoms with E-state index in [9.17, 15) is 0 Å². The van der Waals surface area contributed by atoms with Crippen LogP contribution < -0.4 is 4.74 Å². The van der Waals surface area contributed by atoms with E-state index in [1.165, 1.54) is 19.4 Å². The largest absolute Gasteiger partial charge is 0.492 e. The summed E-state index contributed by atoms with van der Waals surface area (Å²) in [5.41, 5.74) is 2.15. The molecule has 1 aromatic heterocycles. The number of H-pyrrole nitrogens is 1. The Morgan fingerprint density at radius 1 is 1.45 bits per heavy atom. The first-order valence-corrected chi connectivity index (χ1v) is 7.66. The predicted octanol–water partition coefficient (Wildman–Crippen LogP) is 3.19. The Hall–Kier alpha value is -1.33. The molecular weight excluding hydrogens is 270 g/mol. The van der Waals surface area contributed by atoms with Gasteiger partial charge in [0.2, 0.25) is 0 Å². The molecule has 0 bridgehead atoms. The topological polar surface area (TPSA) is 33.2 Å². The monoisotopic (exact) mass is 291 g/mol. The van der Waals surface area contributed by atoms with E-state index in [0.29, 0.717) is 12.6 Å². The van der Waals surface area contributed by atoms with Crippen molar-refractivity contribution in [2.24, 2.45) is 0 Å². The standard InChI is InChI=1S/C15H21N3OS/c1-3-19-13-8-4-7-12-14(13)16-15(20)18(12)10-11-6-5-9-17(11)2/h4,7-8,11H,3,5-6,9-10H2,1-2H3,(H,16,20). The lowest BCUT2D eigenvalue weighted by Crippen LogP contribution is -2.29.